The fourth-order valence-electron chi connectivity index (χ4n) is 5.17. The normalized spacial score (nSPS) is 11.5. The zero-order valence-corrected chi connectivity index (χ0v) is 29.7. The molecule has 0 bridgehead atoms. The van der Waals surface area contributed by atoms with Gasteiger partial charge in [-0.25, -0.2) is 14.6 Å². The molecule has 1 aromatic carbocycles. The van der Waals surface area contributed by atoms with E-state index in [1.54, 1.807) is 10.7 Å². The number of fused-ring (bicyclic) bond motifs is 2. The van der Waals surface area contributed by atoms with E-state index in [4.69, 9.17) is 50.4 Å². The summed E-state index contributed by atoms with van der Waals surface area (Å²) in [6.45, 7) is 6.85. The van der Waals surface area contributed by atoms with Crippen molar-refractivity contribution in [1.82, 2.24) is 35.4 Å². The van der Waals surface area contributed by atoms with E-state index in [9.17, 15) is 9.59 Å². The number of carbonyl (C=O) groups is 2. The van der Waals surface area contributed by atoms with Gasteiger partial charge in [-0.2, -0.15) is 10.1 Å². The van der Waals surface area contributed by atoms with E-state index in [0.29, 0.717) is 152 Å². The number of amides is 2. The van der Waals surface area contributed by atoms with Crippen molar-refractivity contribution < 1.29 is 37.7 Å². The smallest absolute Gasteiger partial charge is 0.292 e. The number of anilines is 2. The molecule has 0 aliphatic carbocycles. The summed E-state index contributed by atoms with van der Waals surface area (Å²) < 4.78 is 34.1. The van der Waals surface area contributed by atoms with Crippen LogP contribution in [0.4, 0.5) is 11.8 Å². The Morgan fingerprint density at radius 2 is 1.37 bits per heavy atom. The van der Waals surface area contributed by atoms with Gasteiger partial charge in [-0.1, -0.05) is 0 Å². The van der Waals surface area contributed by atoms with Gasteiger partial charge in [-0.15, -0.1) is 0 Å². The molecule has 0 radical (unpaired) electrons. The number of benzene rings is 1. The molecule has 4 aromatic rings. The first-order chi connectivity index (χ1) is 25.5. The fourth-order valence-corrected chi connectivity index (χ4v) is 5.17. The number of nitrogens with two attached hydrogens (primary N) is 3. The van der Waals surface area contributed by atoms with Gasteiger partial charge in [0.1, 0.15) is 23.4 Å². The molecule has 52 heavy (non-hydrogen) atoms. The number of nitrogens with one attached hydrogen (secondary N) is 2. The number of carbonyl (C=O) groups excluding carboxylic acids is 2. The topological polar surface area (TPSA) is 252 Å². The van der Waals surface area contributed by atoms with E-state index < -0.39 is 0 Å². The zero-order chi connectivity index (χ0) is 36.8. The maximum atomic E-state index is 12.3. The molecule has 3 aromatic heterocycles. The highest BCUT2D eigenvalue weighted by molar-refractivity contribution is 5.99. The van der Waals surface area contributed by atoms with Crippen LogP contribution in [0.1, 0.15) is 38.5 Å². The van der Waals surface area contributed by atoms with E-state index in [1.807, 2.05) is 12.1 Å². The lowest BCUT2D eigenvalue weighted by Gasteiger charge is -2.08. The van der Waals surface area contributed by atoms with Gasteiger partial charge in [0.05, 0.1) is 71.5 Å². The molecule has 18 nitrogen and oxygen atoms in total. The summed E-state index contributed by atoms with van der Waals surface area (Å²) in [5.41, 5.74) is 20.5. The van der Waals surface area contributed by atoms with Gasteiger partial charge in [-0.05, 0) is 43.9 Å². The largest absolute Gasteiger partial charge is 0.424 e. The molecule has 0 aliphatic heterocycles. The Kier molecular flexibility index (Phi) is 18.0. The molecule has 286 valence electrons. The predicted octanol–water partition coefficient (Wildman–Crippen LogP) is 1.41. The second-order valence-corrected chi connectivity index (χ2v) is 11.7. The fraction of sp³-hybridized carbons (Fsp3) is 0.588. The number of nitrogens with zero attached hydrogens (tertiary/aromatic N) is 5. The van der Waals surface area contributed by atoms with Gasteiger partial charge in [0.2, 0.25) is 11.8 Å². The molecular formula is C34H52N10O8. The molecule has 0 atom stereocenters. The Bertz CT molecular complexity index is 1650. The van der Waals surface area contributed by atoms with E-state index in [2.05, 4.69) is 25.6 Å². The number of rotatable bonds is 28. The van der Waals surface area contributed by atoms with Crippen molar-refractivity contribution in [3.8, 4) is 11.3 Å². The summed E-state index contributed by atoms with van der Waals surface area (Å²) in [5.74, 6) is 0.239. The van der Waals surface area contributed by atoms with Crippen LogP contribution in [0.5, 0.6) is 0 Å². The second kappa shape index (κ2) is 23.2. The lowest BCUT2D eigenvalue weighted by atomic mass is 10.1. The standard InChI is InChI=1S/C34H52N10O8/c35-9-13-47-15-17-49-19-21-51-22-20-50-18-16-48-14-11-39-29(46)6-2-1-5-28(45)38-10-3-4-12-44-33-30(32(36)40-24-41-33)31(43-44)25-7-8-27-26(23-25)42-34(37)52-27/h7-8,23-24H,1-6,9-22,35H2,(H2,37,42)(H,38,45)(H,39,46)(H2,36,40,41). The van der Waals surface area contributed by atoms with Crippen molar-refractivity contribution >= 4 is 45.8 Å². The van der Waals surface area contributed by atoms with Gasteiger partial charge in [0.15, 0.2) is 11.2 Å². The number of hydrogen-bond donors (Lipinski definition) is 5. The summed E-state index contributed by atoms with van der Waals surface area (Å²) in [7, 11) is 0. The Balaban J connectivity index is 0.975. The van der Waals surface area contributed by atoms with Crippen LogP contribution in [0.2, 0.25) is 0 Å². The summed E-state index contributed by atoms with van der Waals surface area (Å²) >= 11 is 0. The average Bonchev–Trinajstić information content (AvgIpc) is 3.71. The van der Waals surface area contributed by atoms with Crippen molar-refractivity contribution in [3.05, 3.63) is 24.5 Å². The highest BCUT2D eigenvalue weighted by atomic mass is 16.6. The molecular weight excluding hydrogens is 676 g/mol. The molecule has 0 unspecified atom stereocenters. The average molecular weight is 729 g/mol. The third-order valence-corrected chi connectivity index (χ3v) is 7.73. The van der Waals surface area contributed by atoms with Crippen molar-refractivity contribution in [3.63, 3.8) is 0 Å². The van der Waals surface area contributed by atoms with E-state index >= 15 is 0 Å². The number of unbranched alkanes of at least 4 members (excludes halogenated alkanes) is 2. The molecule has 0 fully saturated rings. The van der Waals surface area contributed by atoms with Crippen LogP contribution in [0.15, 0.2) is 28.9 Å². The molecule has 0 saturated heterocycles. The van der Waals surface area contributed by atoms with Gasteiger partial charge in [-0.3, -0.25) is 9.59 Å². The third kappa shape index (κ3) is 13.9. The second-order valence-electron chi connectivity index (χ2n) is 11.7. The van der Waals surface area contributed by atoms with E-state index in [1.165, 1.54) is 6.33 Å². The number of oxazole rings is 1. The predicted molar refractivity (Wildman–Crippen MR) is 194 cm³/mol. The highest BCUT2D eigenvalue weighted by Gasteiger charge is 2.18. The third-order valence-electron chi connectivity index (χ3n) is 7.73. The molecule has 18 heteroatoms. The number of nitrogen functional groups attached to an aromatic ring is 2. The van der Waals surface area contributed by atoms with Crippen LogP contribution in [0, 0.1) is 0 Å². The molecule has 0 aliphatic rings. The van der Waals surface area contributed by atoms with Gasteiger partial charge >= 0.3 is 0 Å². The molecule has 4 rings (SSSR count). The highest BCUT2D eigenvalue weighted by Crippen LogP contribution is 2.32. The lowest BCUT2D eigenvalue weighted by molar-refractivity contribution is -0.123. The number of ether oxygens (including phenoxy) is 5. The monoisotopic (exact) mass is 728 g/mol. The van der Waals surface area contributed by atoms with Crippen LogP contribution < -0.4 is 27.8 Å². The van der Waals surface area contributed by atoms with E-state index in [-0.39, 0.29) is 17.8 Å². The number of aryl methyl sites for hydroxylation is 1. The molecule has 0 saturated carbocycles. The van der Waals surface area contributed by atoms with Crippen LogP contribution in [0.3, 0.4) is 0 Å². The summed E-state index contributed by atoms with van der Waals surface area (Å²) in [6, 6.07) is 5.59. The van der Waals surface area contributed by atoms with Crippen molar-refractivity contribution in [1.29, 1.82) is 0 Å². The van der Waals surface area contributed by atoms with Gasteiger partial charge in [0, 0.05) is 44.6 Å². The van der Waals surface area contributed by atoms with Crippen LogP contribution >= 0.6 is 0 Å². The van der Waals surface area contributed by atoms with E-state index in [0.717, 1.165) is 18.4 Å². The molecule has 8 N–H and O–H groups in total. The van der Waals surface area contributed by atoms with Crippen LogP contribution in [-0.4, -0.2) is 122 Å². The first kappa shape index (κ1) is 40.3. The number of hydrogen-bond acceptors (Lipinski definition) is 15. The van der Waals surface area contributed by atoms with Gasteiger partial charge < -0.3 is 55.9 Å². The SMILES string of the molecule is NCCOCCOCCOCCOCCOCCNC(=O)CCCCC(=O)NCCCCn1nc(-c2ccc3oc(N)nc3c2)c2c(N)ncnc21. The summed E-state index contributed by atoms with van der Waals surface area (Å²) in [5, 5.41) is 11.2. The maximum absolute atomic E-state index is 12.3. The number of aromatic nitrogens is 5. The minimum Gasteiger partial charge on any atom is -0.424 e. The zero-order valence-electron chi connectivity index (χ0n) is 29.7. The molecule has 0 spiro atoms. The Hall–Kier alpha value is -4.46. The van der Waals surface area contributed by atoms with Crippen molar-refractivity contribution in [2.24, 2.45) is 5.73 Å². The van der Waals surface area contributed by atoms with Crippen LogP contribution in [0.25, 0.3) is 33.4 Å². The first-order valence-corrected chi connectivity index (χ1v) is 17.7. The summed E-state index contributed by atoms with van der Waals surface area (Å²) in [4.78, 5) is 37.2. The Morgan fingerprint density at radius 3 is 2.02 bits per heavy atom. The van der Waals surface area contributed by atoms with Crippen molar-refractivity contribution in [2.45, 2.75) is 45.1 Å². The molecule has 2 amide bonds. The van der Waals surface area contributed by atoms with Gasteiger partial charge in [0.25, 0.3) is 6.01 Å². The minimum atomic E-state index is -0.0609. The quantitative estimate of drug-likeness (QED) is 0.0519. The maximum Gasteiger partial charge on any atom is 0.292 e. The van der Waals surface area contributed by atoms with Crippen molar-refractivity contribution in [2.75, 3.05) is 97.2 Å². The summed E-state index contributed by atoms with van der Waals surface area (Å²) in [6.07, 6.45) is 4.91. The molecule has 3 heterocycles. The minimum absolute atomic E-state index is 0.0342. The lowest BCUT2D eigenvalue weighted by Crippen LogP contribution is -2.27. The Morgan fingerprint density at radius 1 is 0.750 bits per heavy atom. The van der Waals surface area contributed by atoms with Crippen LogP contribution in [-0.2, 0) is 39.8 Å². The first-order valence-electron chi connectivity index (χ1n) is 17.7. The Labute approximate surface area is 302 Å².